The number of carbonyl (C=O) groups is 2. The van der Waals surface area contributed by atoms with Crippen LogP contribution in [0, 0.1) is 0 Å². The average Bonchev–Trinajstić information content (AvgIpc) is 2.40. The molecule has 0 spiro atoms. The van der Waals surface area contributed by atoms with Crippen LogP contribution in [0.3, 0.4) is 0 Å². The van der Waals surface area contributed by atoms with Gasteiger partial charge in [-0.15, -0.1) is 0 Å². The molecule has 1 atom stereocenters. The summed E-state index contributed by atoms with van der Waals surface area (Å²) in [6.45, 7) is -2.96. The van der Waals surface area contributed by atoms with Crippen molar-refractivity contribution in [1.82, 2.24) is 5.32 Å². The summed E-state index contributed by atoms with van der Waals surface area (Å²) < 4.78 is 28.0. The van der Waals surface area contributed by atoms with Gasteiger partial charge in [-0.2, -0.15) is 8.78 Å². The first-order chi connectivity index (χ1) is 9.88. The van der Waals surface area contributed by atoms with Gasteiger partial charge in [-0.25, -0.2) is 9.59 Å². The van der Waals surface area contributed by atoms with Gasteiger partial charge in [-0.1, -0.05) is 0 Å². The minimum Gasteiger partial charge on any atom is -0.479 e. The van der Waals surface area contributed by atoms with Crippen molar-refractivity contribution in [2.45, 2.75) is 19.1 Å². The lowest BCUT2D eigenvalue weighted by Crippen LogP contribution is -2.33. The van der Waals surface area contributed by atoms with E-state index in [1.807, 2.05) is 0 Å². The topological polar surface area (TPSA) is 108 Å². The lowest BCUT2D eigenvalue weighted by molar-refractivity contribution is -0.146. The van der Waals surface area contributed by atoms with Crippen molar-refractivity contribution in [3.63, 3.8) is 0 Å². The number of aliphatic carboxylic acids is 1. The molecule has 0 aliphatic heterocycles. The number of hydrogen-bond donors (Lipinski definition) is 4. The van der Waals surface area contributed by atoms with Crippen LogP contribution in [0.15, 0.2) is 24.3 Å². The molecular weight excluding hydrogens is 290 g/mol. The number of nitrogens with one attached hydrogen (secondary N) is 2. The first-order valence-corrected chi connectivity index (χ1v) is 5.89. The van der Waals surface area contributed by atoms with E-state index in [1.165, 1.54) is 24.3 Å². The highest BCUT2D eigenvalue weighted by Crippen LogP contribution is 2.17. The fourth-order valence-electron chi connectivity index (χ4n) is 1.34. The third-order valence-corrected chi connectivity index (χ3v) is 2.33. The molecule has 0 saturated heterocycles. The molecule has 1 aromatic rings. The number of halogens is 2. The SMILES string of the molecule is O=C(NCC[C@H](O)C(=O)O)Nc1ccc(OC(F)F)cc1. The van der Waals surface area contributed by atoms with Crippen LogP contribution in [0.4, 0.5) is 19.3 Å². The van der Waals surface area contributed by atoms with Crippen LogP contribution in [-0.4, -0.2) is 41.5 Å². The fourth-order valence-corrected chi connectivity index (χ4v) is 1.34. The predicted molar refractivity (Wildman–Crippen MR) is 68.4 cm³/mol. The van der Waals surface area contributed by atoms with Crippen molar-refractivity contribution in [3.05, 3.63) is 24.3 Å². The van der Waals surface area contributed by atoms with Crippen LogP contribution in [-0.2, 0) is 4.79 Å². The Kier molecular flexibility index (Phi) is 6.34. The van der Waals surface area contributed by atoms with Crippen LogP contribution in [0.5, 0.6) is 5.75 Å². The Bertz CT molecular complexity index is 481. The second-order valence-corrected chi connectivity index (χ2v) is 3.93. The monoisotopic (exact) mass is 304 g/mol. The second kappa shape index (κ2) is 8.00. The minimum absolute atomic E-state index is 0.0358. The smallest absolute Gasteiger partial charge is 0.387 e. The molecule has 0 bridgehead atoms. The summed E-state index contributed by atoms with van der Waals surface area (Å²) in [5, 5.41) is 22.2. The van der Waals surface area contributed by atoms with Crippen molar-refractivity contribution < 1.29 is 33.3 Å². The molecule has 0 aliphatic rings. The van der Waals surface area contributed by atoms with E-state index in [0.29, 0.717) is 5.69 Å². The molecule has 0 aliphatic carbocycles. The molecule has 7 nitrogen and oxygen atoms in total. The molecule has 116 valence electrons. The van der Waals surface area contributed by atoms with Crippen molar-refractivity contribution in [2.24, 2.45) is 0 Å². The van der Waals surface area contributed by atoms with Gasteiger partial charge in [0, 0.05) is 18.7 Å². The van der Waals surface area contributed by atoms with Crippen LogP contribution in [0.1, 0.15) is 6.42 Å². The van der Waals surface area contributed by atoms with Crippen molar-refractivity contribution in [1.29, 1.82) is 0 Å². The molecule has 9 heteroatoms. The number of carboxylic acids is 1. The Hall–Kier alpha value is -2.42. The minimum atomic E-state index is -2.92. The van der Waals surface area contributed by atoms with E-state index in [9.17, 15) is 18.4 Å². The average molecular weight is 304 g/mol. The third kappa shape index (κ3) is 6.52. The number of amides is 2. The van der Waals surface area contributed by atoms with Gasteiger partial charge in [0.25, 0.3) is 0 Å². The van der Waals surface area contributed by atoms with E-state index in [-0.39, 0.29) is 18.7 Å². The number of alkyl halides is 2. The number of carboxylic acid groups (broad SMARTS) is 1. The lowest BCUT2D eigenvalue weighted by atomic mass is 10.2. The maximum absolute atomic E-state index is 11.9. The first-order valence-electron chi connectivity index (χ1n) is 5.89. The number of benzene rings is 1. The Labute approximate surface area is 118 Å². The number of ether oxygens (including phenoxy) is 1. The number of hydrogen-bond acceptors (Lipinski definition) is 4. The molecule has 0 heterocycles. The Morgan fingerprint density at radius 2 is 1.86 bits per heavy atom. The molecule has 2 amide bonds. The van der Waals surface area contributed by atoms with E-state index < -0.39 is 24.7 Å². The molecule has 1 rings (SSSR count). The van der Waals surface area contributed by atoms with Crippen LogP contribution in [0.25, 0.3) is 0 Å². The van der Waals surface area contributed by atoms with Gasteiger partial charge in [0.1, 0.15) is 5.75 Å². The van der Waals surface area contributed by atoms with Gasteiger partial charge in [0.15, 0.2) is 6.10 Å². The van der Waals surface area contributed by atoms with Crippen LogP contribution in [0.2, 0.25) is 0 Å². The predicted octanol–water partition coefficient (Wildman–Crippen LogP) is 1.25. The first kappa shape index (κ1) is 16.6. The van der Waals surface area contributed by atoms with Gasteiger partial charge in [-0.05, 0) is 24.3 Å². The maximum atomic E-state index is 11.9. The van der Waals surface area contributed by atoms with Gasteiger partial charge >= 0.3 is 18.6 Å². The van der Waals surface area contributed by atoms with Crippen molar-refractivity contribution >= 4 is 17.7 Å². The lowest BCUT2D eigenvalue weighted by Gasteiger charge is -2.09. The summed E-state index contributed by atoms with van der Waals surface area (Å²) in [7, 11) is 0. The van der Waals surface area contributed by atoms with Crippen LogP contribution >= 0.6 is 0 Å². The zero-order chi connectivity index (χ0) is 15.8. The van der Waals surface area contributed by atoms with Gasteiger partial charge in [-0.3, -0.25) is 0 Å². The highest BCUT2D eigenvalue weighted by molar-refractivity contribution is 5.89. The van der Waals surface area contributed by atoms with Crippen molar-refractivity contribution in [2.75, 3.05) is 11.9 Å². The Morgan fingerprint density at radius 1 is 1.24 bits per heavy atom. The normalized spacial score (nSPS) is 11.8. The van der Waals surface area contributed by atoms with Gasteiger partial charge in [0.05, 0.1) is 0 Å². The number of anilines is 1. The van der Waals surface area contributed by atoms with E-state index in [0.717, 1.165) is 0 Å². The summed E-state index contributed by atoms with van der Waals surface area (Å²) in [5.41, 5.74) is 0.341. The number of rotatable bonds is 7. The highest BCUT2D eigenvalue weighted by Gasteiger charge is 2.12. The van der Waals surface area contributed by atoms with E-state index in [4.69, 9.17) is 10.2 Å². The van der Waals surface area contributed by atoms with Crippen LogP contribution < -0.4 is 15.4 Å². The number of aliphatic hydroxyl groups excluding tert-OH is 1. The molecule has 1 aromatic carbocycles. The standard InChI is InChI=1S/C12H14F2N2O5/c13-11(14)21-8-3-1-7(2-4-8)16-12(20)15-6-5-9(17)10(18)19/h1-4,9,11,17H,5-6H2,(H,18,19)(H2,15,16,20)/t9-/m0/s1. The highest BCUT2D eigenvalue weighted by atomic mass is 19.3. The Balaban J connectivity index is 2.36. The summed E-state index contributed by atoms with van der Waals surface area (Å²) >= 11 is 0. The molecule has 4 N–H and O–H groups in total. The molecule has 0 saturated carbocycles. The number of urea groups is 1. The summed E-state index contributed by atoms with van der Waals surface area (Å²) in [6, 6.07) is 4.63. The van der Waals surface area contributed by atoms with Gasteiger partial charge in [0.2, 0.25) is 0 Å². The van der Waals surface area contributed by atoms with E-state index >= 15 is 0 Å². The summed E-state index contributed by atoms with van der Waals surface area (Å²) in [5.74, 6) is -1.41. The second-order valence-electron chi connectivity index (χ2n) is 3.93. The molecule has 0 unspecified atom stereocenters. The molecule has 0 fully saturated rings. The molecular formula is C12H14F2N2O5. The number of carbonyl (C=O) groups excluding carboxylic acids is 1. The molecule has 0 radical (unpaired) electrons. The quantitative estimate of drug-likeness (QED) is 0.606. The maximum Gasteiger partial charge on any atom is 0.387 e. The zero-order valence-electron chi connectivity index (χ0n) is 10.8. The van der Waals surface area contributed by atoms with E-state index in [1.54, 1.807) is 0 Å². The summed E-state index contributed by atoms with van der Waals surface area (Å²) in [6.07, 6.45) is -1.68. The number of aliphatic hydroxyl groups is 1. The van der Waals surface area contributed by atoms with Crippen molar-refractivity contribution in [3.8, 4) is 5.75 Å². The van der Waals surface area contributed by atoms with Gasteiger partial charge < -0.3 is 25.6 Å². The fraction of sp³-hybridized carbons (Fsp3) is 0.333. The zero-order valence-corrected chi connectivity index (χ0v) is 10.8. The van der Waals surface area contributed by atoms with E-state index in [2.05, 4.69) is 15.4 Å². The summed E-state index contributed by atoms with van der Waals surface area (Å²) in [4.78, 5) is 21.8. The Morgan fingerprint density at radius 3 is 2.38 bits per heavy atom. The third-order valence-electron chi connectivity index (χ3n) is 2.33. The largest absolute Gasteiger partial charge is 0.479 e. The molecule has 21 heavy (non-hydrogen) atoms. The molecule has 0 aromatic heterocycles.